The Morgan fingerprint density at radius 2 is 1.76 bits per heavy atom. The Labute approximate surface area is 134 Å². The van der Waals surface area contributed by atoms with E-state index in [1.807, 2.05) is 0 Å². The van der Waals surface area contributed by atoms with Gasteiger partial charge in [-0.1, -0.05) is 29.3 Å². The lowest BCUT2D eigenvalue weighted by Crippen LogP contribution is -2.13. The third-order valence-electron chi connectivity index (χ3n) is 2.65. The van der Waals surface area contributed by atoms with Gasteiger partial charge in [0.05, 0.1) is 17.4 Å². The normalized spacial score (nSPS) is 11.7. The molecule has 1 aromatic heterocycles. The highest BCUT2D eigenvalue weighted by Crippen LogP contribution is 2.27. The van der Waals surface area contributed by atoms with Crippen molar-refractivity contribution in [2.75, 3.05) is 4.72 Å². The molecule has 0 unspecified atom stereocenters. The second-order valence-corrected chi connectivity index (χ2v) is 7.20. The number of nitrogens with one attached hydrogen (secondary N) is 1. The number of rotatable bonds is 3. The van der Waals surface area contributed by atoms with Crippen LogP contribution in [-0.4, -0.2) is 17.2 Å². The molecule has 0 aliphatic rings. The fourth-order valence-electron chi connectivity index (χ4n) is 1.82. The second kappa shape index (κ2) is 5.42. The maximum atomic E-state index is 12.5. The lowest BCUT2D eigenvalue weighted by molar-refractivity contribution is 0.602. The lowest BCUT2D eigenvalue weighted by Gasteiger charge is -2.09. The molecule has 0 bridgehead atoms. The summed E-state index contributed by atoms with van der Waals surface area (Å²) in [6.07, 6.45) is 0. The molecule has 0 aliphatic carbocycles. The average Bonchev–Trinajstić information content (AvgIpc) is 2.84. The van der Waals surface area contributed by atoms with Crippen molar-refractivity contribution in [3.05, 3.63) is 46.4 Å². The summed E-state index contributed by atoms with van der Waals surface area (Å²) >= 11 is 12.7. The maximum Gasteiger partial charge on any atom is 0.264 e. The summed E-state index contributed by atoms with van der Waals surface area (Å²) in [6.45, 7) is 0. The summed E-state index contributed by atoms with van der Waals surface area (Å²) in [5, 5.41) is 0.683. The zero-order chi connectivity index (χ0) is 15.0. The predicted octanol–water partition coefficient (Wildman–Crippen LogP) is 3.80. The highest BCUT2D eigenvalue weighted by molar-refractivity contribution is 7.93. The molecule has 0 radical (unpaired) electrons. The third kappa shape index (κ3) is 2.96. The number of aromatic nitrogens is 2. The van der Waals surface area contributed by atoms with E-state index in [4.69, 9.17) is 23.2 Å². The van der Waals surface area contributed by atoms with Crippen molar-refractivity contribution in [2.24, 2.45) is 0 Å². The largest absolute Gasteiger partial charge is 0.279 e. The highest BCUT2D eigenvalue weighted by atomic mass is 35.5. The first kappa shape index (κ1) is 14.5. The summed E-state index contributed by atoms with van der Waals surface area (Å²) in [4.78, 5) is 0.0600. The van der Waals surface area contributed by atoms with Crippen molar-refractivity contribution in [3.8, 4) is 0 Å². The standard InChI is InChI=1S/C12H7Cl2N3O2S2/c13-7-4-8(14)6-9(5-7)17-21(18,19)11-3-1-2-10-12(11)16-20-15-10/h1-6,17H. The minimum atomic E-state index is -3.81. The molecule has 0 aliphatic heterocycles. The van der Waals surface area contributed by atoms with Crippen molar-refractivity contribution in [1.29, 1.82) is 0 Å². The Balaban J connectivity index is 2.06. The number of fused-ring (bicyclic) bond motifs is 1. The van der Waals surface area contributed by atoms with Gasteiger partial charge in [-0.05, 0) is 30.3 Å². The Bertz CT molecular complexity index is 905. The first-order valence-corrected chi connectivity index (χ1v) is 8.63. The van der Waals surface area contributed by atoms with E-state index in [1.54, 1.807) is 12.1 Å². The average molecular weight is 360 g/mol. The molecule has 9 heteroatoms. The number of halogens is 2. The van der Waals surface area contributed by atoms with Gasteiger partial charge in [-0.2, -0.15) is 8.75 Å². The van der Waals surface area contributed by atoms with Crippen LogP contribution in [0.3, 0.4) is 0 Å². The maximum absolute atomic E-state index is 12.5. The number of hydrogen-bond acceptors (Lipinski definition) is 5. The summed E-state index contributed by atoms with van der Waals surface area (Å²) in [5.41, 5.74) is 1.16. The van der Waals surface area contributed by atoms with Gasteiger partial charge < -0.3 is 0 Å². The molecule has 2 aromatic carbocycles. The first-order valence-electron chi connectivity index (χ1n) is 5.66. The van der Waals surface area contributed by atoms with Gasteiger partial charge in [0, 0.05) is 10.0 Å². The number of anilines is 1. The van der Waals surface area contributed by atoms with Crippen molar-refractivity contribution in [3.63, 3.8) is 0 Å². The fraction of sp³-hybridized carbons (Fsp3) is 0. The van der Waals surface area contributed by atoms with Gasteiger partial charge in [0.1, 0.15) is 15.9 Å². The van der Waals surface area contributed by atoms with E-state index in [2.05, 4.69) is 13.5 Å². The van der Waals surface area contributed by atoms with Gasteiger partial charge in [-0.3, -0.25) is 4.72 Å². The van der Waals surface area contributed by atoms with Gasteiger partial charge in [0.25, 0.3) is 10.0 Å². The Morgan fingerprint density at radius 1 is 1.05 bits per heavy atom. The minimum absolute atomic E-state index is 0.0600. The lowest BCUT2D eigenvalue weighted by atomic mass is 10.3. The van der Waals surface area contributed by atoms with Gasteiger partial charge in [-0.25, -0.2) is 8.42 Å². The van der Waals surface area contributed by atoms with E-state index < -0.39 is 10.0 Å². The topological polar surface area (TPSA) is 72.0 Å². The molecular formula is C12H7Cl2N3O2S2. The van der Waals surface area contributed by atoms with E-state index in [0.29, 0.717) is 21.1 Å². The summed E-state index contributed by atoms with van der Waals surface area (Å²) in [5.74, 6) is 0. The SMILES string of the molecule is O=S(=O)(Nc1cc(Cl)cc(Cl)c1)c1cccc2nsnc12. The van der Waals surface area contributed by atoms with Crippen molar-refractivity contribution >= 4 is 61.7 Å². The second-order valence-electron chi connectivity index (χ2n) is 4.15. The molecular weight excluding hydrogens is 353 g/mol. The summed E-state index contributed by atoms with van der Waals surface area (Å²) < 4.78 is 35.4. The van der Waals surface area contributed by atoms with Gasteiger partial charge in [0.2, 0.25) is 0 Å². The van der Waals surface area contributed by atoms with Gasteiger partial charge >= 0.3 is 0 Å². The summed E-state index contributed by atoms with van der Waals surface area (Å²) in [7, 11) is -3.81. The molecule has 5 nitrogen and oxygen atoms in total. The van der Waals surface area contributed by atoms with Crippen LogP contribution in [0.1, 0.15) is 0 Å². The van der Waals surface area contributed by atoms with Gasteiger partial charge in [0.15, 0.2) is 0 Å². The number of hydrogen-bond donors (Lipinski definition) is 1. The molecule has 3 aromatic rings. The van der Waals surface area contributed by atoms with E-state index in [-0.39, 0.29) is 10.6 Å². The van der Waals surface area contributed by atoms with E-state index in [1.165, 1.54) is 24.3 Å². The zero-order valence-electron chi connectivity index (χ0n) is 10.2. The van der Waals surface area contributed by atoms with Crippen molar-refractivity contribution < 1.29 is 8.42 Å². The Kier molecular flexibility index (Phi) is 3.75. The molecule has 0 saturated carbocycles. The smallest absolute Gasteiger partial charge is 0.264 e. The number of benzene rings is 2. The molecule has 0 saturated heterocycles. The van der Waals surface area contributed by atoms with Crippen LogP contribution in [0, 0.1) is 0 Å². The predicted molar refractivity (Wildman–Crippen MR) is 84.7 cm³/mol. The van der Waals surface area contributed by atoms with Crippen LogP contribution in [0.5, 0.6) is 0 Å². The van der Waals surface area contributed by atoms with E-state index in [0.717, 1.165) is 11.7 Å². The van der Waals surface area contributed by atoms with Crippen molar-refractivity contribution in [1.82, 2.24) is 8.75 Å². The van der Waals surface area contributed by atoms with Crippen LogP contribution >= 0.6 is 34.9 Å². The third-order valence-corrected chi connectivity index (χ3v) is 5.05. The van der Waals surface area contributed by atoms with Crippen LogP contribution < -0.4 is 4.72 Å². The molecule has 0 fully saturated rings. The van der Waals surface area contributed by atoms with E-state index >= 15 is 0 Å². The van der Waals surface area contributed by atoms with E-state index in [9.17, 15) is 8.42 Å². The molecule has 1 N–H and O–H groups in total. The molecule has 0 atom stereocenters. The molecule has 21 heavy (non-hydrogen) atoms. The fourth-order valence-corrected chi connectivity index (χ4v) is 4.16. The zero-order valence-corrected chi connectivity index (χ0v) is 13.4. The quantitative estimate of drug-likeness (QED) is 0.771. The number of nitrogens with zero attached hydrogens (tertiary/aromatic N) is 2. The highest BCUT2D eigenvalue weighted by Gasteiger charge is 2.20. The minimum Gasteiger partial charge on any atom is -0.279 e. The Hall–Kier alpha value is -1.41. The molecule has 3 rings (SSSR count). The summed E-state index contributed by atoms with van der Waals surface area (Å²) in [6, 6.07) is 9.26. The first-order chi connectivity index (χ1) is 9.95. The van der Waals surface area contributed by atoms with Crippen LogP contribution in [-0.2, 0) is 10.0 Å². The van der Waals surface area contributed by atoms with Gasteiger partial charge in [-0.15, -0.1) is 0 Å². The van der Waals surface area contributed by atoms with Crippen molar-refractivity contribution in [2.45, 2.75) is 4.90 Å². The van der Waals surface area contributed by atoms with Crippen LogP contribution in [0.15, 0.2) is 41.3 Å². The number of sulfonamides is 1. The molecule has 0 spiro atoms. The molecule has 108 valence electrons. The van der Waals surface area contributed by atoms with Crippen LogP contribution in [0.25, 0.3) is 11.0 Å². The molecule has 0 amide bonds. The monoisotopic (exact) mass is 359 g/mol. The van der Waals surface area contributed by atoms with Crippen LogP contribution in [0.4, 0.5) is 5.69 Å². The molecule has 1 heterocycles. The Morgan fingerprint density at radius 3 is 2.48 bits per heavy atom. The van der Waals surface area contributed by atoms with Crippen LogP contribution in [0.2, 0.25) is 10.0 Å².